The average molecular weight is 380 g/mol. The lowest BCUT2D eigenvalue weighted by molar-refractivity contribution is 0.202. The molecule has 2 heterocycles. The van der Waals surface area contributed by atoms with Crippen LogP contribution >= 0.6 is 0 Å². The highest BCUT2D eigenvalue weighted by molar-refractivity contribution is 5.98. The molecule has 0 unspecified atom stereocenters. The van der Waals surface area contributed by atoms with Crippen molar-refractivity contribution in [3.8, 4) is 0 Å². The minimum absolute atomic E-state index is 0.135. The summed E-state index contributed by atoms with van der Waals surface area (Å²) >= 11 is 0. The van der Waals surface area contributed by atoms with Gasteiger partial charge in [0.05, 0.1) is 5.69 Å². The van der Waals surface area contributed by atoms with Gasteiger partial charge in [-0.3, -0.25) is 10.3 Å². The van der Waals surface area contributed by atoms with Gasteiger partial charge in [0.25, 0.3) is 0 Å². The molecule has 1 aliphatic rings. The Kier molecular flexibility index (Phi) is 6.81. The number of hydrogen-bond donors (Lipinski definition) is 2. The first-order valence-electron chi connectivity index (χ1n) is 9.88. The smallest absolute Gasteiger partial charge is 0.176 e. The molecular weight excluding hydrogens is 350 g/mol. The molecular formula is C21H29N7. The number of nitrogens with two attached hydrogens (primary N) is 1. The van der Waals surface area contributed by atoms with E-state index in [1.807, 2.05) is 18.2 Å². The Balaban J connectivity index is 1.75. The van der Waals surface area contributed by atoms with Crippen molar-refractivity contribution in [2.45, 2.75) is 45.6 Å². The fraction of sp³-hybridized carbons (Fsp3) is 0.476. The summed E-state index contributed by atoms with van der Waals surface area (Å²) in [4.78, 5) is 2.42. The third kappa shape index (κ3) is 5.19. The Morgan fingerprint density at radius 1 is 1.29 bits per heavy atom. The second kappa shape index (κ2) is 9.50. The quantitative estimate of drug-likeness (QED) is 0.262. The van der Waals surface area contributed by atoms with Crippen LogP contribution in [0.2, 0.25) is 0 Å². The molecule has 0 aliphatic carbocycles. The Morgan fingerprint density at radius 3 is 2.71 bits per heavy atom. The summed E-state index contributed by atoms with van der Waals surface area (Å²) in [7, 11) is 0. The third-order valence-electron chi connectivity index (χ3n) is 5.21. The molecule has 0 bridgehead atoms. The molecule has 0 saturated carbocycles. The van der Waals surface area contributed by atoms with Gasteiger partial charge in [0.2, 0.25) is 0 Å². The zero-order valence-electron chi connectivity index (χ0n) is 16.7. The number of amidine groups is 1. The van der Waals surface area contributed by atoms with E-state index in [0.717, 1.165) is 50.2 Å². The van der Waals surface area contributed by atoms with Crippen molar-refractivity contribution in [2.75, 3.05) is 13.1 Å². The average Bonchev–Trinajstić information content (AvgIpc) is 2.69. The van der Waals surface area contributed by atoms with Crippen molar-refractivity contribution < 1.29 is 0 Å². The molecule has 0 amide bonds. The maximum atomic E-state index is 8.22. The molecule has 148 valence electrons. The summed E-state index contributed by atoms with van der Waals surface area (Å²) in [5.41, 5.74) is 4.36. The predicted octanol–water partition coefficient (Wildman–Crippen LogP) is 3.71. The molecule has 7 nitrogen and oxygen atoms in total. The highest BCUT2D eigenvalue weighted by Crippen LogP contribution is 2.32. The summed E-state index contributed by atoms with van der Waals surface area (Å²) in [6.45, 7) is 7.28. The molecule has 1 aromatic carbocycles. The highest BCUT2D eigenvalue weighted by Gasteiger charge is 2.24. The first-order chi connectivity index (χ1) is 13.6. The van der Waals surface area contributed by atoms with E-state index in [-0.39, 0.29) is 5.84 Å². The van der Waals surface area contributed by atoms with Crippen LogP contribution in [-0.4, -0.2) is 34.0 Å². The molecule has 1 aromatic heterocycles. The van der Waals surface area contributed by atoms with Gasteiger partial charge in [-0.25, -0.2) is 0 Å². The van der Waals surface area contributed by atoms with Crippen LogP contribution < -0.4 is 5.84 Å². The zero-order valence-corrected chi connectivity index (χ0v) is 16.7. The second-order valence-electron chi connectivity index (χ2n) is 7.85. The molecule has 0 spiro atoms. The number of nitrogens with zero attached hydrogens (tertiary/aromatic N) is 5. The van der Waals surface area contributed by atoms with Crippen molar-refractivity contribution >= 4 is 5.84 Å². The van der Waals surface area contributed by atoms with E-state index < -0.39 is 0 Å². The van der Waals surface area contributed by atoms with Crippen molar-refractivity contribution in [3.05, 3.63) is 58.9 Å². The second-order valence-corrected chi connectivity index (χ2v) is 7.85. The maximum Gasteiger partial charge on any atom is 0.176 e. The predicted molar refractivity (Wildman–Crippen MR) is 110 cm³/mol. The minimum atomic E-state index is 0.135. The summed E-state index contributed by atoms with van der Waals surface area (Å²) in [6.07, 6.45) is 4.83. The summed E-state index contributed by atoms with van der Waals surface area (Å²) < 4.78 is 0. The Morgan fingerprint density at radius 2 is 2.07 bits per heavy atom. The van der Waals surface area contributed by atoms with E-state index in [1.165, 1.54) is 11.1 Å². The van der Waals surface area contributed by atoms with Crippen LogP contribution in [0.15, 0.2) is 46.9 Å². The standard InChI is InChI=1S/C21H29N7/c1-15(2)12-16-5-6-19(21(22)26-27-23)20(13-16)17-7-10-28(11-8-17)14-18-4-3-9-24-25-18/h3-6,9,13,15,17H,7-8,10-12,14H2,1-2H3,(H3,22,23,26). The molecule has 28 heavy (non-hydrogen) atoms. The van der Waals surface area contributed by atoms with Crippen molar-refractivity contribution in [1.82, 2.24) is 15.1 Å². The van der Waals surface area contributed by atoms with E-state index in [9.17, 15) is 0 Å². The lowest BCUT2D eigenvalue weighted by Gasteiger charge is -2.32. The van der Waals surface area contributed by atoms with Crippen LogP contribution in [0, 0.1) is 11.3 Å². The molecule has 2 aromatic rings. The van der Waals surface area contributed by atoms with Crippen molar-refractivity contribution in [1.29, 1.82) is 5.41 Å². The monoisotopic (exact) mass is 379 g/mol. The lowest BCUT2D eigenvalue weighted by Crippen LogP contribution is -2.33. The summed E-state index contributed by atoms with van der Waals surface area (Å²) in [5, 5.41) is 23.5. The summed E-state index contributed by atoms with van der Waals surface area (Å²) in [6, 6.07) is 10.3. The Hall–Kier alpha value is -2.67. The molecule has 1 aliphatic heterocycles. The molecule has 3 N–H and O–H groups in total. The maximum absolute atomic E-state index is 8.22. The van der Waals surface area contributed by atoms with Crippen LogP contribution in [0.4, 0.5) is 0 Å². The van der Waals surface area contributed by atoms with Crippen molar-refractivity contribution in [2.24, 2.45) is 22.1 Å². The fourth-order valence-corrected chi connectivity index (χ4v) is 3.92. The van der Waals surface area contributed by atoms with Gasteiger partial charge < -0.3 is 5.84 Å². The molecule has 3 rings (SSSR count). The van der Waals surface area contributed by atoms with Gasteiger partial charge in [-0.2, -0.15) is 10.2 Å². The molecule has 0 atom stereocenters. The van der Waals surface area contributed by atoms with Gasteiger partial charge in [-0.15, -0.1) is 5.11 Å². The first-order valence-corrected chi connectivity index (χ1v) is 9.88. The molecule has 0 radical (unpaired) electrons. The van der Waals surface area contributed by atoms with Crippen LogP contribution in [0.25, 0.3) is 0 Å². The number of aromatic nitrogens is 2. The number of hydrogen-bond acceptors (Lipinski definition) is 5. The normalized spacial score (nSPS) is 16.1. The van der Waals surface area contributed by atoms with E-state index in [0.29, 0.717) is 11.8 Å². The van der Waals surface area contributed by atoms with Crippen LogP contribution in [0.3, 0.4) is 0 Å². The van der Waals surface area contributed by atoms with Crippen LogP contribution in [0.5, 0.6) is 0 Å². The number of benzene rings is 1. The molecule has 7 heteroatoms. The SMILES string of the molecule is CC(C)Cc1ccc(C(=N)N=NN)c(C2CCN(Cc3cccnn3)CC2)c1. The topological polar surface area (TPSA) is 104 Å². The van der Waals surface area contributed by atoms with Crippen LogP contribution in [0.1, 0.15) is 55.0 Å². The van der Waals surface area contributed by atoms with Gasteiger partial charge in [0.1, 0.15) is 0 Å². The fourth-order valence-electron chi connectivity index (χ4n) is 3.92. The van der Waals surface area contributed by atoms with Gasteiger partial charge in [0, 0.05) is 18.3 Å². The van der Waals surface area contributed by atoms with E-state index in [2.05, 4.69) is 51.4 Å². The van der Waals surface area contributed by atoms with Gasteiger partial charge >= 0.3 is 0 Å². The molecule has 1 fully saturated rings. The van der Waals surface area contributed by atoms with Gasteiger partial charge in [0.15, 0.2) is 5.84 Å². The van der Waals surface area contributed by atoms with Gasteiger partial charge in [-0.05, 0) is 67.4 Å². The third-order valence-corrected chi connectivity index (χ3v) is 5.21. The van der Waals surface area contributed by atoms with Crippen LogP contribution in [-0.2, 0) is 13.0 Å². The van der Waals surface area contributed by atoms with E-state index in [4.69, 9.17) is 11.3 Å². The molecule has 1 saturated heterocycles. The number of nitrogens with one attached hydrogen (secondary N) is 1. The van der Waals surface area contributed by atoms with Gasteiger partial charge in [-0.1, -0.05) is 37.3 Å². The first kappa shape index (κ1) is 20.1. The zero-order chi connectivity index (χ0) is 19.9. The van der Waals surface area contributed by atoms with Crippen molar-refractivity contribution in [3.63, 3.8) is 0 Å². The minimum Gasteiger partial charge on any atom is -0.305 e. The largest absolute Gasteiger partial charge is 0.305 e. The van der Waals surface area contributed by atoms with E-state index >= 15 is 0 Å². The number of likely N-dealkylation sites (tertiary alicyclic amines) is 1. The summed E-state index contributed by atoms with van der Waals surface area (Å²) in [5.74, 6) is 6.32. The lowest BCUT2D eigenvalue weighted by atomic mass is 9.84. The number of rotatable bonds is 6. The number of piperidine rings is 1. The highest BCUT2D eigenvalue weighted by atomic mass is 15.3. The Bertz CT molecular complexity index is 809. The van der Waals surface area contributed by atoms with E-state index in [1.54, 1.807) is 6.20 Å². The Labute approximate surface area is 166 Å².